The summed E-state index contributed by atoms with van der Waals surface area (Å²) in [5, 5.41) is 9.83. The maximum Gasteiger partial charge on any atom is 0.162 e. The highest BCUT2D eigenvalue weighted by Crippen LogP contribution is 2.55. The molecule has 0 aliphatic heterocycles. The van der Waals surface area contributed by atoms with Gasteiger partial charge in [0.15, 0.2) is 16.7 Å². The van der Waals surface area contributed by atoms with Crippen molar-refractivity contribution < 1.29 is 13.3 Å². The lowest BCUT2D eigenvalue weighted by Crippen LogP contribution is -2.37. The number of aryl methyl sites for hydroxylation is 1. The van der Waals surface area contributed by atoms with Crippen LogP contribution in [0.25, 0.3) is 76.6 Å². The van der Waals surface area contributed by atoms with Gasteiger partial charge >= 0.3 is 0 Å². The minimum Gasteiger partial charge on any atom is -0.454 e. The van der Waals surface area contributed by atoms with Crippen LogP contribution in [-0.4, -0.2) is 8.07 Å². The predicted octanol–water partition coefficient (Wildman–Crippen LogP) is 16.3. The quantitative estimate of drug-likeness (QED) is 0.118. The molecule has 0 saturated heterocycles. The van der Waals surface area contributed by atoms with Crippen LogP contribution in [0.1, 0.15) is 5.56 Å². The van der Waals surface area contributed by atoms with Crippen molar-refractivity contribution in [3.05, 3.63) is 188 Å². The first-order chi connectivity index (χ1) is 30.3. The van der Waals surface area contributed by atoms with Gasteiger partial charge in [-0.3, -0.25) is 0 Å². The molecule has 3 aromatic heterocycles. The van der Waals surface area contributed by atoms with E-state index in [1.54, 1.807) is 0 Å². The third kappa shape index (κ3) is 5.53. The monoisotopic (exact) mass is 818 g/mol. The fourth-order valence-electron chi connectivity index (χ4n) is 9.45. The second-order valence-corrected chi connectivity index (χ2v) is 22.4. The van der Waals surface area contributed by atoms with E-state index in [-0.39, 0.29) is 0 Å². The first-order valence-electron chi connectivity index (χ1n) is 21.3. The van der Waals surface area contributed by atoms with Gasteiger partial charge in [-0.1, -0.05) is 158 Å². The molecule has 12 rings (SSSR count). The number of rotatable bonds is 7. The van der Waals surface area contributed by atoms with Crippen LogP contribution >= 0.6 is 0 Å². The van der Waals surface area contributed by atoms with Gasteiger partial charge in [-0.15, -0.1) is 0 Å². The average Bonchev–Trinajstić information content (AvgIpc) is 4.00. The van der Waals surface area contributed by atoms with E-state index in [0.29, 0.717) is 0 Å². The van der Waals surface area contributed by atoms with E-state index in [1.807, 2.05) is 18.2 Å². The lowest BCUT2D eigenvalue weighted by atomic mass is 9.97. The molecule has 0 aliphatic carbocycles. The molecule has 3 heterocycles. The first kappa shape index (κ1) is 36.3. The van der Waals surface area contributed by atoms with Gasteiger partial charge < -0.3 is 23.1 Å². The Bertz CT molecular complexity index is 3700. The van der Waals surface area contributed by atoms with Crippen LogP contribution in [0.3, 0.4) is 0 Å². The molecule has 5 nitrogen and oxygen atoms in total. The van der Waals surface area contributed by atoms with E-state index in [1.165, 1.54) is 10.8 Å². The third-order valence-electron chi connectivity index (χ3n) is 12.5. The maximum atomic E-state index is 7.26. The molecule has 0 amide bonds. The number of anilines is 6. The summed E-state index contributed by atoms with van der Waals surface area (Å²) in [5.74, 6) is 0. The number of hydrogen-bond donors (Lipinski definition) is 0. The molecule has 0 N–H and O–H groups in total. The van der Waals surface area contributed by atoms with Crippen molar-refractivity contribution in [2.24, 2.45) is 0 Å². The molecule has 0 bridgehead atoms. The van der Waals surface area contributed by atoms with Gasteiger partial charge in [-0.05, 0) is 61.5 Å². The van der Waals surface area contributed by atoms with Crippen LogP contribution < -0.4 is 15.0 Å². The molecule has 0 fully saturated rings. The first-order valence-corrected chi connectivity index (χ1v) is 24.8. The molecule has 0 saturated carbocycles. The number of hydrogen-bond acceptors (Lipinski definition) is 5. The van der Waals surface area contributed by atoms with Gasteiger partial charge in [0, 0.05) is 49.1 Å². The topological polar surface area (TPSA) is 45.9 Å². The largest absolute Gasteiger partial charge is 0.454 e. The third-order valence-corrected chi connectivity index (χ3v) is 14.5. The van der Waals surface area contributed by atoms with E-state index in [9.17, 15) is 0 Å². The van der Waals surface area contributed by atoms with Crippen molar-refractivity contribution in [2.75, 3.05) is 9.80 Å². The number of fused-ring (bicyclic) bond motifs is 10. The minimum absolute atomic E-state index is 0.772. The second kappa shape index (κ2) is 13.7. The number of para-hydroxylation sites is 5. The lowest BCUT2D eigenvalue weighted by molar-refractivity contribution is 0.666. The summed E-state index contributed by atoms with van der Waals surface area (Å²) < 4.78 is 20.9. The molecule has 0 atom stereocenters. The van der Waals surface area contributed by atoms with Gasteiger partial charge in [0.25, 0.3) is 0 Å². The standard InChI is InChI=1S/C56H42N2O3Si/c1-35-27-29-36(30-28-35)58(47-23-14-21-44-40-16-8-11-25-49(40)60-55(44)47)53-42-18-6-5-17-41(42)52(51-45-19-9-12-26-50(45)61-56(51)53)57(37-31-33-38(34-32-37)62(2,3)4)46-22-13-20-43-39-15-7-10-24-48(39)59-54(43)46/h5-34H,1-4H3. The molecule has 62 heavy (non-hydrogen) atoms. The molecule has 0 unspecified atom stereocenters. The summed E-state index contributed by atoms with van der Waals surface area (Å²) in [6, 6.07) is 64.7. The van der Waals surface area contributed by atoms with E-state index in [4.69, 9.17) is 13.3 Å². The van der Waals surface area contributed by atoms with E-state index in [0.717, 1.165) is 111 Å². The summed E-state index contributed by atoms with van der Waals surface area (Å²) in [6.07, 6.45) is 0. The molecular formula is C56H42N2O3Si. The Labute approximate surface area is 359 Å². The number of furan rings is 3. The highest BCUT2D eigenvalue weighted by molar-refractivity contribution is 6.88. The van der Waals surface area contributed by atoms with E-state index < -0.39 is 8.07 Å². The molecule has 12 aromatic rings. The fraction of sp³-hybridized carbons (Fsp3) is 0.0714. The zero-order chi connectivity index (χ0) is 41.7. The summed E-state index contributed by atoms with van der Waals surface area (Å²) in [5.41, 5.74) is 12.0. The van der Waals surface area contributed by atoms with Crippen LogP contribution in [0.4, 0.5) is 34.1 Å². The van der Waals surface area contributed by atoms with Crippen molar-refractivity contribution in [1.82, 2.24) is 0 Å². The summed E-state index contributed by atoms with van der Waals surface area (Å²) in [4.78, 5) is 4.75. The Hall–Kier alpha value is -7.54. The van der Waals surface area contributed by atoms with Gasteiger partial charge in [-0.2, -0.15) is 0 Å². The van der Waals surface area contributed by atoms with Crippen LogP contribution in [-0.2, 0) is 0 Å². The Morgan fingerprint density at radius 2 is 0.758 bits per heavy atom. The number of nitrogens with zero attached hydrogens (tertiary/aromatic N) is 2. The molecule has 6 heteroatoms. The molecule has 0 spiro atoms. The highest BCUT2D eigenvalue weighted by Gasteiger charge is 2.32. The average molecular weight is 819 g/mol. The smallest absolute Gasteiger partial charge is 0.162 e. The van der Waals surface area contributed by atoms with Crippen molar-refractivity contribution in [2.45, 2.75) is 26.6 Å². The van der Waals surface area contributed by atoms with Crippen molar-refractivity contribution in [3.8, 4) is 0 Å². The van der Waals surface area contributed by atoms with Gasteiger partial charge in [0.2, 0.25) is 0 Å². The zero-order valence-corrected chi connectivity index (χ0v) is 35.9. The van der Waals surface area contributed by atoms with Gasteiger partial charge in [0.1, 0.15) is 16.7 Å². The zero-order valence-electron chi connectivity index (χ0n) is 34.9. The van der Waals surface area contributed by atoms with Crippen molar-refractivity contribution >= 4 is 124 Å². The molecule has 9 aromatic carbocycles. The molecule has 0 aliphatic rings. The van der Waals surface area contributed by atoms with E-state index >= 15 is 0 Å². The lowest BCUT2D eigenvalue weighted by Gasteiger charge is -2.31. The van der Waals surface area contributed by atoms with Crippen LogP contribution in [0.15, 0.2) is 195 Å². The summed E-state index contributed by atoms with van der Waals surface area (Å²) in [6.45, 7) is 9.32. The second-order valence-electron chi connectivity index (χ2n) is 17.4. The Kier molecular flexibility index (Phi) is 8.05. The minimum atomic E-state index is -1.61. The van der Waals surface area contributed by atoms with Crippen molar-refractivity contribution in [3.63, 3.8) is 0 Å². The van der Waals surface area contributed by atoms with Gasteiger partial charge in [-0.25, -0.2) is 0 Å². The molecule has 0 radical (unpaired) electrons. The van der Waals surface area contributed by atoms with Crippen LogP contribution in [0.2, 0.25) is 19.6 Å². The van der Waals surface area contributed by atoms with E-state index in [2.05, 4.69) is 200 Å². The Morgan fingerprint density at radius 1 is 0.355 bits per heavy atom. The molecule has 298 valence electrons. The van der Waals surface area contributed by atoms with Crippen LogP contribution in [0, 0.1) is 6.92 Å². The normalized spacial score (nSPS) is 12.2. The fourth-order valence-corrected chi connectivity index (χ4v) is 10.6. The summed E-state index contributed by atoms with van der Waals surface area (Å²) >= 11 is 0. The van der Waals surface area contributed by atoms with Crippen LogP contribution in [0.5, 0.6) is 0 Å². The summed E-state index contributed by atoms with van der Waals surface area (Å²) in [7, 11) is -1.61. The maximum absolute atomic E-state index is 7.26. The Morgan fingerprint density at radius 3 is 1.29 bits per heavy atom. The predicted molar refractivity (Wildman–Crippen MR) is 263 cm³/mol. The highest BCUT2D eigenvalue weighted by atomic mass is 28.3. The number of benzene rings is 9. The van der Waals surface area contributed by atoms with Gasteiger partial charge in [0.05, 0.1) is 36.2 Å². The van der Waals surface area contributed by atoms with Crippen molar-refractivity contribution in [1.29, 1.82) is 0 Å². The SMILES string of the molecule is Cc1ccc(N(c2cccc3c2oc2ccccc23)c2c3ccccc3c(N(c3ccc([Si](C)(C)C)cc3)c3cccc4c3oc3ccccc34)c3c2oc2ccccc23)cc1. The molecular weight excluding hydrogens is 777 g/mol. The Balaban J connectivity index is 1.24.